The van der Waals surface area contributed by atoms with Crippen molar-refractivity contribution in [2.45, 2.75) is 13.3 Å². The Bertz CT molecular complexity index is 503. The topological polar surface area (TPSA) is 72.3 Å². The van der Waals surface area contributed by atoms with Crippen LogP contribution < -0.4 is 10.2 Å². The van der Waals surface area contributed by atoms with Gasteiger partial charge in [-0.1, -0.05) is 6.92 Å². The third-order valence-corrected chi connectivity index (χ3v) is 3.30. The SMILES string of the molecule is CCCNC(=O)N1CCN(c2ncccc2C#N)CC1. The molecule has 2 rings (SSSR count). The summed E-state index contributed by atoms with van der Waals surface area (Å²) in [6.45, 7) is 5.44. The minimum atomic E-state index is -0.00646. The molecule has 0 bridgehead atoms. The Morgan fingerprint density at radius 1 is 1.45 bits per heavy atom. The molecule has 1 aliphatic heterocycles. The minimum Gasteiger partial charge on any atom is -0.352 e. The van der Waals surface area contributed by atoms with E-state index in [0.717, 1.165) is 6.42 Å². The van der Waals surface area contributed by atoms with E-state index in [2.05, 4.69) is 21.3 Å². The van der Waals surface area contributed by atoms with Crippen molar-refractivity contribution in [3.63, 3.8) is 0 Å². The van der Waals surface area contributed by atoms with Gasteiger partial charge in [-0.05, 0) is 18.6 Å². The molecule has 106 valence electrons. The predicted molar refractivity (Wildman–Crippen MR) is 76.4 cm³/mol. The molecule has 0 unspecified atom stereocenters. The van der Waals surface area contributed by atoms with Crippen molar-refractivity contribution in [2.24, 2.45) is 0 Å². The number of hydrogen-bond donors (Lipinski definition) is 1. The van der Waals surface area contributed by atoms with Crippen LogP contribution in [-0.2, 0) is 0 Å². The van der Waals surface area contributed by atoms with Gasteiger partial charge in [0.15, 0.2) is 0 Å². The normalized spacial score (nSPS) is 14.8. The highest BCUT2D eigenvalue weighted by Crippen LogP contribution is 2.17. The summed E-state index contributed by atoms with van der Waals surface area (Å²) in [6.07, 6.45) is 2.63. The molecule has 6 heteroatoms. The molecule has 0 aliphatic carbocycles. The van der Waals surface area contributed by atoms with Gasteiger partial charge >= 0.3 is 6.03 Å². The summed E-state index contributed by atoms with van der Waals surface area (Å²) in [5.41, 5.74) is 0.580. The van der Waals surface area contributed by atoms with Crippen LogP contribution in [-0.4, -0.2) is 48.6 Å². The summed E-state index contributed by atoms with van der Waals surface area (Å²) < 4.78 is 0. The summed E-state index contributed by atoms with van der Waals surface area (Å²) in [5, 5.41) is 12.0. The highest BCUT2D eigenvalue weighted by Gasteiger charge is 2.22. The van der Waals surface area contributed by atoms with Gasteiger partial charge < -0.3 is 15.1 Å². The van der Waals surface area contributed by atoms with Gasteiger partial charge in [0.2, 0.25) is 0 Å². The first-order valence-electron chi connectivity index (χ1n) is 6.89. The molecular formula is C14H19N5O. The lowest BCUT2D eigenvalue weighted by Crippen LogP contribution is -2.52. The quantitative estimate of drug-likeness (QED) is 0.898. The van der Waals surface area contributed by atoms with Gasteiger partial charge in [-0.2, -0.15) is 5.26 Å². The van der Waals surface area contributed by atoms with Crippen molar-refractivity contribution in [3.05, 3.63) is 23.9 Å². The van der Waals surface area contributed by atoms with Crippen LogP contribution in [0, 0.1) is 11.3 Å². The molecule has 2 heterocycles. The first kappa shape index (κ1) is 14.1. The molecule has 1 saturated heterocycles. The number of nitrogens with one attached hydrogen (secondary N) is 1. The van der Waals surface area contributed by atoms with Gasteiger partial charge in [0, 0.05) is 38.9 Å². The second-order valence-electron chi connectivity index (χ2n) is 4.69. The third-order valence-electron chi connectivity index (χ3n) is 3.30. The molecule has 0 aromatic carbocycles. The van der Waals surface area contributed by atoms with E-state index in [1.165, 1.54) is 0 Å². The molecule has 6 nitrogen and oxygen atoms in total. The third kappa shape index (κ3) is 3.18. The lowest BCUT2D eigenvalue weighted by molar-refractivity contribution is 0.194. The van der Waals surface area contributed by atoms with E-state index in [0.29, 0.717) is 44.1 Å². The highest BCUT2D eigenvalue weighted by atomic mass is 16.2. The van der Waals surface area contributed by atoms with E-state index in [1.54, 1.807) is 23.2 Å². The van der Waals surface area contributed by atoms with Crippen LogP contribution in [0.25, 0.3) is 0 Å². The lowest BCUT2D eigenvalue weighted by atomic mass is 10.2. The predicted octanol–water partition coefficient (Wildman–Crippen LogP) is 1.19. The largest absolute Gasteiger partial charge is 0.352 e. The van der Waals surface area contributed by atoms with Crippen molar-refractivity contribution in [2.75, 3.05) is 37.6 Å². The maximum absolute atomic E-state index is 11.9. The number of carbonyl (C=O) groups is 1. The summed E-state index contributed by atoms with van der Waals surface area (Å²) in [7, 11) is 0. The van der Waals surface area contributed by atoms with Gasteiger partial charge in [-0.3, -0.25) is 0 Å². The molecular weight excluding hydrogens is 254 g/mol. The first-order chi connectivity index (χ1) is 9.76. The van der Waals surface area contributed by atoms with Crippen LogP contribution in [0.4, 0.5) is 10.6 Å². The Kier molecular flexibility index (Phi) is 4.77. The van der Waals surface area contributed by atoms with E-state index in [9.17, 15) is 4.79 Å². The van der Waals surface area contributed by atoms with Crippen LogP contribution in [0.5, 0.6) is 0 Å². The number of urea groups is 1. The second kappa shape index (κ2) is 6.75. The number of anilines is 1. The summed E-state index contributed by atoms with van der Waals surface area (Å²) >= 11 is 0. The average Bonchev–Trinajstić information content (AvgIpc) is 2.52. The zero-order chi connectivity index (χ0) is 14.4. The maximum Gasteiger partial charge on any atom is 0.317 e. The van der Waals surface area contributed by atoms with Crippen molar-refractivity contribution in [1.29, 1.82) is 5.26 Å². The molecule has 0 radical (unpaired) electrons. The molecule has 1 fully saturated rings. The fourth-order valence-electron chi connectivity index (χ4n) is 2.20. The summed E-state index contributed by atoms with van der Waals surface area (Å²) in [5.74, 6) is 0.712. The minimum absolute atomic E-state index is 0.00646. The van der Waals surface area contributed by atoms with E-state index in [-0.39, 0.29) is 6.03 Å². The Morgan fingerprint density at radius 2 is 2.20 bits per heavy atom. The fraction of sp³-hybridized carbons (Fsp3) is 0.500. The summed E-state index contributed by atoms with van der Waals surface area (Å²) in [4.78, 5) is 20.0. The Balaban J connectivity index is 1.94. The van der Waals surface area contributed by atoms with Crippen molar-refractivity contribution < 1.29 is 4.79 Å². The number of piperazine rings is 1. The zero-order valence-electron chi connectivity index (χ0n) is 11.7. The number of nitrogens with zero attached hydrogens (tertiary/aromatic N) is 4. The Morgan fingerprint density at radius 3 is 2.85 bits per heavy atom. The van der Waals surface area contributed by atoms with Crippen LogP contribution in [0.3, 0.4) is 0 Å². The fourth-order valence-corrected chi connectivity index (χ4v) is 2.20. The van der Waals surface area contributed by atoms with Crippen LogP contribution in [0.2, 0.25) is 0 Å². The van der Waals surface area contributed by atoms with Gasteiger partial charge in [0.1, 0.15) is 11.9 Å². The molecule has 1 aromatic rings. The van der Waals surface area contributed by atoms with E-state index < -0.39 is 0 Å². The standard InChI is InChI=1S/C14H19N5O/c1-2-5-17-14(20)19-9-7-18(8-10-19)13-12(11-15)4-3-6-16-13/h3-4,6H,2,5,7-10H2,1H3,(H,17,20). The molecule has 2 amide bonds. The number of carbonyl (C=O) groups excluding carboxylic acids is 1. The van der Waals surface area contributed by atoms with E-state index in [1.807, 2.05) is 6.92 Å². The van der Waals surface area contributed by atoms with Gasteiger partial charge in [-0.15, -0.1) is 0 Å². The second-order valence-corrected chi connectivity index (χ2v) is 4.69. The Hall–Kier alpha value is -2.29. The van der Waals surface area contributed by atoms with Crippen LogP contribution in [0.15, 0.2) is 18.3 Å². The molecule has 1 N–H and O–H groups in total. The highest BCUT2D eigenvalue weighted by molar-refractivity contribution is 5.74. The number of hydrogen-bond acceptors (Lipinski definition) is 4. The number of rotatable bonds is 3. The van der Waals surface area contributed by atoms with Gasteiger partial charge in [-0.25, -0.2) is 9.78 Å². The maximum atomic E-state index is 11.9. The Labute approximate surface area is 119 Å². The monoisotopic (exact) mass is 273 g/mol. The molecule has 20 heavy (non-hydrogen) atoms. The van der Waals surface area contributed by atoms with Crippen molar-refractivity contribution >= 4 is 11.8 Å². The zero-order valence-corrected chi connectivity index (χ0v) is 11.7. The molecule has 0 atom stereocenters. The average molecular weight is 273 g/mol. The molecule has 0 saturated carbocycles. The molecule has 1 aliphatic rings. The van der Waals surface area contributed by atoms with Crippen LogP contribution >= 0.6 is 0 Å². The molecule has 1 aromatic heterocycles. The van der Waals surface area contributed by atoms with E-state index >= 15 is 0 Å². The van der Waals surface area contributed by atoms with Crippen LogP contribution in [0.1, 0.15) is 18.9 Å². The van der Waals surface area contributed by atoms with Crippen molar-refractivity contribution in [3.8, 4) is 6.07 Å². The number of aromatic nitrogens is 1. The van der Waals surface area contributed by atoms with Gasteiger partial charge in [0.05, 0.1) is 5.56 Å². The first-order valence-corrected chi connectivity index (χ1v) is 6.89. The van der Waals surface area contributed by atoms with Crippen molar-refractivity contribution in [1.82, 2.24) is 15.2 Å². The number of nitriles is 1. The summed E-state index contributed by atoms with van der Waals surface area (Å²) in [6, 6.07) is 5.68. The number of amides is 2. The lowest BCUT2D eigenvalue weighted by Gasteiger charge is -2.35. The van der Waals surface area contributed by atoms with Gasteiger partial charge in [0.25, 0.3) is 0 Å². The van der Waals surface area contributed by atoms with E-state index in [4.69, 9.17) is 5.26 Å². The molecule has 0 spiro atoms. The number of pyridine rings is 1. The smallest absolute Gasteiger partial charge is 0.317 e.